The Bertz CT molecular complexity index is 1450. The van der Waals surface area contributed by atoms with Gasteiger partial charge in [-0.2, -0.15) is 0 Å². The fourth-order valence-electron chi connectivity index (χ4n) is 3.52. The molecule has 174 valence electrons. The van der Waals surface area contributed by atoms with E-state index in [0.717, 1.165) is 44.2 Å². The SMILES string of the molecule is COc1ccc(-c2nnc(SCc3csc(-c4ccc(C(N)=O)cc4)n3)n2-c2ccccc2)cc1. The van der Waals surface area contributed by atoms with Crippen molar-refractivity contribution in [2.75, 3.05) is 7.11 Å². The molecule has 2 N–H and O–H groups in total. The van der Waals surface area contributed by atoms with Gasteiger partial charge in [0.15, 0.2) is 11.0 Å². The number of primary amides is 1. The number of thiazole rings is 1. The van der Waals surface area contributed by atoms with E-state index in [-0.39, 0.29) is 0 Å². The van der Waals surface area contributed by atoms with Crippen LogP contribution in [0.1, 0.15) is 16.1 Å². The van der Waals surface area contributed by atoms with E-state index in [4.69, 9.17) is 15.5 Å². The molecule has 0 fully saturated rings. The van der Waals surface area contributed by atoms with Crippen LogP contribution >= 0.6 is 23.1 Å². The van der Waals surface area contributed by atoms with Gasteiger partial charge >= 0.3 is 0 Å². The summed E-state index contributed by atoms with van der Waals surface area (Å²) in [5, 5.41) is 12.7. The number of aromatic nitrogens is 4. The molecule has 0 saturated carbocycles. The predicted octanol–water partition coefficient (Wildman–Crippen LogP) is 5.46. The monoisotopic (exact) mass is 499 g/mol. The molecule has 0 bridgehead atoms. The molecule has 9 heteroatoms. The number of carbonyl (C=O) groups is 1. The van der Waals surface area contributed by atoms with E-state index in [1.807, 2.05) is 72.1 Å². The molecule has 0 radical (unpaired) electrons. The van der Waals surface area contributed by atoms with Gasteiger partial charge in [-0.3, -0.25) is 9.36 Å². The number of carbonyl (C=O) groups excluding carboxylic acids is 1. The summed E-state index contributed by atoms with van der Waals surface area (Å²) in [5.74, 6) is 1.75. The number of rotatable bonds is 8. The molecular formula is C26H21N5O2S2. The molecule has 5 rings (SSSR count). The number of nitrogens with two attached hydrogens (primary N) is 1. The minimum Gasteiger partial charge on any atom is -0.497 e. The summed E-state index contributed by atoms with van der Waals surface area (Å²) in [6.07, 6.45) is 0. The van der Waals surface area contributed by atoms with E-state index in [2.05, 4.69) is 14.8 Å². The summed E-state index contributed by atoms with van der Waals surface area (Å²) >= 11 is 3.14. The number of ether oxygens (including phenoxy) is 1. The van der Waals surface area contributed by atoms with Gasteiger partial charge in [-0.15, -0.1) is 21.5 Å². The zero-order chi connectivity index (χ0) is 24.2. The van der Waals surface area contributed by atoms with Crippen molar-refractivity contribution in [1.29, 1.82) is 0 Å². The lowest BCUT2D eigenvalue weighted by Gasteiger charge is -2.10. The van der Waals surface area contributed by atoms with Crippen LogP contribution in [0.5, 0.6) is 5.75 Å². The maximum Gasteiger partial charge on any atom is 0.248 e. The minimum atomic E-state index is -0.440. The molecule has 0 spiro atoms. The van der Waals surface area contributed by atoms with E-state index in [0.29, 0.717) is 11.3 Å². The molecule has 0 aliphatic carbocycles. The Morgan fingerprint density at radius 3 is 2.37 bits per heavy atom. The Balaban J connectivity index is 1.40. The number of amides is 1. The molecule has 2 heterocycles. The van der Waals surface area contributed by atoms with Gasteiger partial charge in [-0.05, 0) is 48.5 Å². The van der Waals surface area contributed by atoms with E-state index in [1.165, 1.54) is 0 Å². The van der Waals surface area contributed by atoms with Crippen molar-refractivity contribution < 1.29 is 9.53 Å². The van der Waals surface area contributed by atoms with Gasteiger partial charge < -0.3 is 10.5 Å². The molecule has 3 aromatic carbocycles. The fraction of sp³-hybridized carbons (Fsp3) is 0.0769. The van der Waals surface area contributed by atoms with Crippen LogP contribution in [-0.4, -0.2) is 32.8 Å². The summed E-state index contributed by atoms with van der Waals surface area (Å²) in [6, 6.07) is 25.0. The summed E-state index contributed by atoms with van der Waals surface area (Å²) in [4.78, 5) is 16.1. The van der Waals surface area contributed by atoms with Crippen molar-refractivity contribution >= 4 is 29.0 Å². The van der Waals surface area contributed by atoms with Crippen molar-refractivity contribution in [1.82, 2.24) is 19.7 Å². The summed E-state index contributed by atoms with van der Waals surface area (Å²) in [6.45, 7) is 0. The third kappa shape index (κ3) is 4.96. The van der Waals surface area contributed by atoms with Gasteiger partial charge in [-0.1, -0.05) is 42.1 Å². The highest BCUT2D eigenvalue weighted by Gasteiger charge is 2.17. The Kier molecular flexibility index (Phi) is 6.60. The molecule has 0 aliphatic heterocycles. The average Bonchev–Trinajstić information content (AvgIpc) is 3.55. The Labute approximate surface area is 210 Å². The van der Waals surface area contributed by atoms with Crippen molar-refractivity contribution in [3.63, 3.8) is 0 Å². The van der Waals surface area contributed by atoms with Crippen LogP contribution < -0.4 is 10.5 Å². The molecule has 35 heavy (non-hydrogen) atoms. The number of methoxy groups -OCH3 is 1. The first-order valence-electron chi connectivity index (χ1n) is 10.7. The van der Waals surface area contributed by atoms with E-state index < -0.39 is 5.91 Å². The molecule has 0 aliphatic rings. The zero-order valence-corrected chi connectivity index (χ0v) is 20.4. The summed E-state index contributed by atoms with van der Waals surface area (Å²) < 4.78 is 7.35. The second-order valence-corrected chi connectivity index (χ2v) is 9.38. The number of hydrogen-bond donors (Lipinski definition) is 1. The number of nitrogens with zero attached hydrogens (tertiary/aromatic N) is 4. The van der Waals surface area contributed by atoms with Crippen LogP contribution in [0.4, 0.5) is 0 Å². The second kappa shape index (κ2) is 10.1. The van der Waals surface area contributed by atoms with Gasteiger partial charge in [0, 0.05) is 33.5 Å². The first kappa shape index (κ1) is 22.8. The highest BCUT2D eigenvalue weighted by Crippen LogP contribution is 2.32. The van der Waals surface area contributed by atoms with Gasteiger partial charge in [0.1, 0.15) is 10.8 Å². The quantitative estimate of drug-likeness (QED) is 0.285. The van der Waals surface area contributed by atoms with Gasteiger partial charge in [0.2, 0.25) is 5.91 Å². The van der Waals surface area contributed by atoms with Crippen LogP contribution in [0.3, 0.4) is 0 Å². The molecule has 0 atom stereocenters. The fourth-order valence-corrected chi connectivity index (χ4v) is 5.30. The molecule has 5 aromatic rings. The average molecular weight is 500 g/mol. The first-order valence-corrected chi connectivity index (χ1v) is 12.6. The zero-order valence-electron chi connectivity index (χ0n) is 18.8. The highest BCUT2D eigenvalue weighted by atomic mass is 32.2. The molecule has 2 aromatic heterocycles. The Hall–Kier alpha value is -3.95. The summed E-state index contributed by atoms with van der Waals surface area (Å²) in [5.41, 5.74) is 9.65. The third-order valence-corrected chi connectivity index (χ3v) is 7.22. The number of hydrogen-bond acceptors (Lipinski definition) is 7. The van der Waals surface area contributed by atoms with Crippen LogP contribution in [0, 0.1) is 0 Å². The van der Waals surface area contributed by atoms with E-state index >= 15 is 0 Å². The van der Waals surface area contributed by atoms with Gasteiger partial charge in [0.05, 0.1) is 12.8 Å². The standard InChI is InChI=1S/C26H21N5O2S2/c1-33-22-13-11-18(12-14-22)24-29-30-26(31(24)21-5-3-2-4-6-21)35-16-20-15-34-25(28-20)19-9-7-17(8-10-19)23(27)32/h2-15H,16H2,1H3,(H2,27,32). The first-order chi connectivity index (χ1) is 17.1. The maximum atomic E-state index is 11.3. The van der Waals surface area contributed by atoms with Gasteiger partial charge in [0.25, 0.3) is 0 Å². The number of thioether (sulfide) groups is 1. The summed E-state index contributed by atoms with van der Waals surface area (Å²) in [7, 11) is 1.65. The lowest BCUT2D eigenvalue weighted by atomic mass is 10.1. The lowest BCUT2D eigenvalue weighted by Crippen LogP contribution is -2.10. The lowest BCUT2D eigenvalue weighted by molar-refractivity contribution is 0.100. The Morgan fingerprint density at radius 1 is 0.971 bits per heavy atom. The molecule has 1 amide bonds. The van der Waals surface area contributed by atoms with Crippen molar-refractivity contribution in [3.05, 3.63) is 95.5 Å². The second-order valence-electron chi connectivity index (χ2n) is 7.58. The van der Waals surface area contributed by atoms with Crippen LogP contribution in [0.2, 0.25) is 0 Å². The van der Waals surface area contributed by atoms with Gasteiger partial charge in [-0.25, -0.2) is 4.98 Å². The number of benzene rings is 3. The highest BCUT2D eigenvalue weighted by molar-refractivity contribution is 7.98. The van der Waals surface area contributed by atoms with E-state index in [9.17, 15) is 4.79 Å². The van der Waals surface area contributed by atoms with Crippen LogP contribution in [0.25, 0.3) is 27.6 Å². The smallest absolute Gasteiger partial charge is 0.248 e. The van der Waals surface area contributed by atoms with Crippen molar-refractivity contribution in [2.24, 2.45) is 5.73 Å². The van der Waals surface area contributed by atoms with E-state index in [1.54, 1.807) is 42.3 Å². The third-order valence-electron chi connectivity index (χ3n) is 5.31. The minimum absolute atomic E-state index is 0.440. The molecular weight excluding hydrogens is 478 g/mol. The molecule has 0 saturated heterocycles. The largest absolute Gasteiger partial charge is 0.497 e. The predicted molar refractivity (Wildman–Crippen MR) is 139 cm³/mol. The maximum absolute atomic E-state index is 11.3. The van der Waals surface area contributed by atoms with Crippen molar-refractivity contribution in [2.45, 2.75) is 10.9 Å². The van der Waals surface area contributed by atoms with Crippen LogP contribution in [0.15, 0.2) is 89.4 Å². The normalized spacial score (nSPS) is 10.9. The van der Waals surface area contributed by atoms with Crippen molar-refractivity contribution in [3.8, 4) is 33.4 Å². The molecule has 7 nitrogen and oxygen atoms in total. The topological polar surface area (TPSA) is 95.9 Å². The Morgan fingerprint density at radius 2 is 1.69 bits per heavy atom. The number of para-hydroxylation sites is 1. The molecule has 0 unspecified atom stereocenters. The van der Waals surface area contributed by atoms with Crippen LogP contribution in [-0.2, 0) is 5.75 Å².